The second-order valence-corrected chi connectivity index (χ2v) is 5.01. The van der Waals surface area contributed by atoms with E-state index in [2.05, 4.69) is 17.6 Å². The highest BCUT2D eigenvalue weighted by atomic mass is 19.1. The molecule has 1 aliphatic rings. The molecule has 1 aromatic carbocycles. The molecular formula is C16H21FN2. The second kappa shape index (κ2) is 5.25. The number of aromatic nitrogens is 1. The van der Waals surface area contributed by atoms with Crippen LogP contribution in [0.3, 0.4) is 0 Å². The van der Waals surface area contributed by atoms with Crippen LogP contribution in [-0.2, 0) is 12.8 Å². The largest absolute Gasteiger partial charge is 0.333 e. The van der Waals surface area contributed by atoms with Gasteiger partial charge in [0.25, 0.3) is 0 Å². The van der Waals surface area contributed by atoms with E-state index < -0.39 is 0 Å². The maximum atomic E-state index is 13.8. The van der Waals surface area contributed by atoms with E-state index in [1.165, 1.54) is 29.1 Å². The molecule has 2 aromatic rings. The summed E-state index contributed by atoms with van der Waals surface area (Å²) in [5.41, 5.74) is 11.0. The van der Waals surface area contributed by atoms with Crippen LogP contribution in [0.25, 0.3) is 10.9 Å². The third kappa shape index (κ3) is 2.12. The lowest BCUT2D eigenvalue weighted by Gasteiger charge is -2.22. The first-order valence-corrected chi connectivity index (χ1v) is 6.75. The maximum absolute atomic E-state index is 13.8. The van der Waals surface area contributed by atoms with Gasteiger partial charge in [0.2, 0.25) is 0 Å². The molecule has 0 aliphatic heterocycles. The van der Waals surface area contributed by atoms with E-state index in [4.69, 9.17) is 0 Å². The third-order valence-electron chi connectivity index (χ3n) is 4.07. The molecule has 102 valence electrons. The van der Waals surface area contributed by atoms with Crippen molar-refractivity contribution in [3.63, 3.8) is 0 Å². The van der Waals surface area contributed by atoms with Gasteiger partial charge in [0.15, 0.2) is 0 Å². The first-order valence-electron chi connectivity index (χ1n) is 6.75. The molecule has 3 heteroatoms. The maximum Gasteiger partial charge on any atom is 0.128 e. The van der Waals surface area contributed by atoms with Gasteiger partial charge >= 0.3 is 0 Å². The van der Waals surface area contributed by atoms with Gasteiger partial charge in [-0.25, -0.2) is 4.39 Å². The number of hydrogen-bond acceptors (Lipinski definition) is 2. The summed E-state index contributed by atoms with van der Waals surface area (Å²) in [5.74, 6) is -0.115. The molecule has 0 amide bonds. The zero-order valence-corrected chi connectivity index (χ0v) is 12.1. The number of halogens is 1. The van der Waals surface area contributed by atoms with Crippen LogP contribution >= 0.6 is 0 Å². The minimum absolute atomic E-state index is 0.115. The Morgan fingerprint density at radius 1 is 1.05 bits per heavy atom. The van der Waals surface area contributed by atoms with Gasteiger partial charge in [-0.2, -0.15) is 0 Å². The van der Waals surface area contributed by atoms with Crippen LogP contribution in [0.4, 0.5) is 4.39 Å². The topological polar surface area (TPSA) is 38.9 Å². The van der Waals surface area contributed by atoms with Crippen molar-refractivity contribution in [1.29, 1.82) is 0 Å². The summed E-state index contributed by atoms with van der Waals surface area (Å²) in [4.78, 5) is 4.54. The molecule has 0 bridgehead atoms. The summed E-state index contributed by atoms with van der Waals surface area (Å²) >= 11 is 0. The summed E-state index contributed by atoms with van der Waals surface area (Å²) in [5, 5.41) is 1.22. The Balaban J connectivity index is 0.000000637. The summed E-state index contributed by atoms with van der Waals surface area (Å²) < 4.78 is 13.8. The lowest BCUT2D eigenvalue weighted by Crippen LogP contribution is -2.09. The van der Waals surface area contributed by atoms with Gasteiger partial charge in [-0.3, -0.25) is 4.98 Å². The predicted octanol–water partition coefficient (Wildman–Crippen LogP) is 3.36. The fraction of sp³-hybridized carbons (Fsp3) is 0.438. The number of rotatable bonds is 0. The SMILES string of the molecule is CN.Cc1nc2cc(F)c(C)c3c2c(c1C)CCC3. The summed E-state index contributed by atoms with van der Waals surface area (Å²) in [6.07, 6.45) is 3.21. The van der Waals surface area contributed by atoms with Gasteiger partial charge in [0, 0.05) is 17.1 Å². The van der Waals surface area contributed by atoms with Crippen molar-refractivity contribution in [2.75, 3.05) is 7.05 Å². The Bertz CT molecular complexity index is 582. The van der Waals surface area contributed by atoms with Crippen LogP contribution in [0.5, 0.6) is 0 Å². The average molecular weight is 260 g/mol. The van der Waals surface area contributed by atoms with E-state index in [0.717, 1.165) is 36.0 Å². The van der Waals surface area contributed by atoms with E-state index in [-0.39, 0.29) is 5.82 Å². The highest BCUT2D eigenvalue weighted by molar-refractivity contribution is 5.89. The Kier molecular flexibility index (Phi) is 3.85. The molecule has 3 rings (SSSR count). The van der Waals surface area contributed by atoms with Gasteiger partial charge < -0.3 is 5.73 Å². The smallest absolute Gasteiger partial charge is 0.128 e. The standard InChI is InChI=1S/C15H16FN.CH5N/c1-8-10(3)17-14-7-13(16)9(2)12-6-4-5-11(8)15(12)14;1-2/h7H,4-6H2,1-3H3;2H2,1H3. The van der Waals surface area contributed by atoms with Crippen LogP contribution < -0.4 is 5.73 Å². The lowest BCUT2D eigenvalue weighted by atomic mass is 9.85. The van der Waals surface area contributed by atoms with Gasteiger partial charge in [0.05, 0.1) is 5.52 Å². The number of pyridine rings is 1. The Hall–Kier alpha value is -1.48. The summed E-state index contributed by atoms with van der Waals surface area (Å²) in [7, 11) is 1.50. The average Bonchev–Trinajstić information content (AvgIpc) is 2.44. The van der Waals surface area contributed by atoms with Crippen molar-refractivity contribution < 1.29 is 4.39 Å². The second-order valence-electron chi connectivity index (χ2n) is 5.01. The fourth-order valence-electron chi connectivity index (χ4n) is 2.95. The first-order chi connectivity index (χ1) is 9.09. The van der Waals surface area contributed by atoms with E-state index in [0.29, 0.717) is 0 Å². The van der Waals surface area contributed by atoms with Crippen LogP contribution in [0.2, 0.25) is 0 Å². The number of nitrogens with two attached hydrogens (primary N) is 1. The van der Waals surface area contributed by atoms with Gasteiger partial charge in [-0.1, -0.05) is 0 Å². The minimum atomic E-state index is -0.115. The number of benzene rings is 1. The molecule has 1 heterocycles. The Morgan fingerprint density at radius 3 is 2.26 bits per heavy atom. The van der Waals surface area contributed by atoms with E-state index in [9.17, 15) is 4.39 Å². The predicted molar refractivity (Wildman–Crippen MR) is 78.0 cm³/mol. The molecule has 1 aliphatic carbocycles. The molecule has 0 spiro atoms. The third-order valence-corrected chi connectivity index (χ3v) is 4.07. The summed E-state index contributed by atoms with van der Waals surface area (Å²) in [6, 6.07) is 1.59. The van der Waals surface area contributed by atoms with Crippen molar-refractivity contribution in [3.05, 3.63) is 39.8 Å². The van der Waals surface area contributed by atoms with Crippen LogP contribution in [0.1, 0.15) is 34.4 Å². The zero-order valence-electron chi connectivity index (χ0n) is 12.1. The van der Waals surface area contributed by atoms with Crippen LogP contribution in [-0.4, -0.2) is 12.0 Å². The van der Waals surface area contributed by atoms with Crippen molar-refractivity contribution in [1.82, 2.24) is 4.98 Å². The molecule has 0 fully saturated rings. The number of aryl methyl sites for hydroxylation is 3. The molecule has 2 nitrogen and oxygen atoms in total. The van der Waals surface area contributed by atoms with Crippen LogP contribution in [0.15, 0.2) is 6.07 Å². The van der Waals surface area contributed by atoms with Gasteiger partial charge in [0.1, 0.15) is 5.82 Å². The van der Waals surface area contributed by atoms with Crippen molar-refractivity contribution in [2.45, 2.75) is 40.0 Å². The first kappa shape index (κ1) is 13.9. The Morgan fingerprint density at radius 2 is 1.63 bits per heavy atom. The highest BCUT2D eigenvalue weighted by Gasteiger charge is 2.20. The molecule has 0 saturated carbocycles. The molecule has 1 aromatic heterocycles. The zero-order chi connectivity index (χ0) is 14.2. The van der Waals surface area contributed by atoms with Gasteiger partial charge in [-0.15, -0.1) is 0 Å². The van der Waals surface area contributed by atoms with E-state index in [1.807, 2.05) is 13.8 Å². The minimum Gasteiger partial charge on any atom is -0.333 e. The normalized spacial score (nSPS) is 13.2. The van der Waals surface area contributed by atoms with Crippen molar-refractivity contribution >= 4 is 10.9 Å². The molecule has 0 unspecified atom stereocenters. The van der Waals surface area contributed by atoms with Crippen molar-refractivity contribution in [3.8, 4) is 0 Å². The Labute approximate surface area is 113 Å². The molecular weight excluding hydrogens is 239 g/mol. The summed E-state index contributed by atoms with van der Waals surface area (Å²) in [6.45, 7) is 6.02. The molecule has 0 radical (unpaired) electrons. The van der Waals surface area contributed by atoms with E-state index in [1.54, 1.807) is 6.07 Å². The molecule has 0 atom stereocenters. The molecule has 19 heavy (non-hydrogen) atoms. The quantitative estimate of drug-likeness (QED) is 0.789. The fourth-order valence-corrected chi connectivity index (χ4v) is 2.95. The molecule has 0 saturated heterocycles. The lowest BCUT2D eigenvalue weighted by molar-refractivity contribution is 0.615. The number of hydrogen-bond donors (Lipinski definition) is 1. The van der Waals surface area contributed by atoms with Crippen molar-refractivity contribution in [2.24, 2.45) is 5.73 Å². The highest BCUT2D eigenvalue weighted by Crippen LogP contribution is 2.34. The van der Waals surface area contributed by atoms with Gasteiger partial charge in [-0.05, 0) is 69.3 Å². The molecule has 2 N–H and O–H groups in total. The van der Waals surface area contributed by atoms with E-state index >= 15 is 0 Å². The monoisotopic (exact) mass is 260 g/mol. The number of nitrogens with zero attached hydrogens (tertiary/aromatic N) is 1. The van der Waals surface area contributed by atoms with Crippen LogP contribution in [0, 0.1) is 26.6 Å².